The fourth-order valence-corrected chi connectivity index (χ4v) is 1.46. The minimum atomic E-state index is 0.267. The van der Waals surface area contributed by atoms with E-state index in [1.807, 2.05) is 0 Å². The summed E-state index contributed by atoms with van der Waals surface area (Å²) in [5.74, 6) is 0. The minimum absolute atomic E-state index is 0.267. The summed E-state index contributed by atoms with van der Waals surface area (Å²) in [6.07, 6.45) is 4.71. The SMILES string of the molecule is Nc1cnn(CCOC2CCOC2)c1. The molecule has 0 bridgehead atoms. The first-order valence-corrected chi connectivity index (χ1v) is 4.82. The predicted molar refractivity (Wildman–Crippen MR) is 51.8 cm³/mol. The van der Waals surface area contributed by atoms with Crippen molar-refractivity contribution in [3.05, 3.63) is 12.4 Å². The Morgan fingerprint density at radius 2 is 2.64 bits per heavy atom. The molecule has 1 aliphatic rings. The van der Waals surface area contributed by atoms with E-state index in [9.17, 15) is 0 Å². The number of nitrogens with two attached hydrogens (primary N) is 1. The van der Waals surface area contributed by atoms with Gasteiger partial charge in [-0.2, -0.15) is 5.10 Å². The monoisotopic (exact) mass is 197 g/mol. The van der Waals surface area contributed by atoms with Gasteiger partial charge in [-0.05, 0) is 6.42 Å². The lowest BCUT2D eigenvalue weighted by molar-refractivity contribution is 0.0371. The van der Waals surface area contributed by atoms with Gasteiger partial charge in [0, 0.05) is 12.8 Å². The van der Waals surface area contributed by atoms with Crippen LogP contribution < -0.4 is 5.73 Å². The van der Waals surface area contributed by atoms with Crippen LogP contribution in [0.4, 0.5) is 5.69 Å². The zero-order valence-corrected chi connectivity index (χ0v) is 8.06. The van der Waals surface area contributed by atoms with Crippen LogP contribution in [0.15, 0.2) is 12.4 Å². The number of hydrogen-bond acceptors (Lipinski definition) is 4. The van der Waals surface area contributed by atoms with Crippen molar-refractivity contribution in [2.45, 2.75) is 19.1 Å². The largest absolute Gasteiger partial charge is 0.396 e. The number of anilines is 1. The van der Waals surface area contributed by atoms with Crippen molar-refractivity contribution in [2.75, 3.05) is 25.6 Å². The van der Waals surface area contributed by atoms with Gasteiger partial charge in [-0.3, -0.25) is 4.68 Å². The summed E-state index contributed by atoms with van der Waals surface area (Å²) in [5.41, 5.74) is 6.22. The first kappa shape index (κ1) is 9.48. The summed E-state index contributed by atoms with van der Waals surface area (Å²) < 4.78 is 12.6. The Morgan fingerprint density at radius 1 is 1.71 bits per heavy atom. The van der Waals surface area contributed by atoms with Gasteiger partial charge >= 0.3 is 0 Å². The molecule has 5 heteroatoms. The van der Waals surface area contributed by atoms with Gasteiger partial charge in [-0.25, -0.2) is 0 Å². The number of nitrogen functional groups attached to an aromatic ring is 1. The van der Waals surface area contributed by atoms with Crippen LogP contribution in [-0.2, 0) is 16.0 Å². The second-order valence-electron chi connectivity index (χ2n) is 3.39. The molecule has 1 saturated heterocycles. The summed E-state index contributed by atoms with van der Waals surface area (Å²) in [4.78, 5) is 0. The molecule has 1 unspecified atom stereocenters. The molecule has 0 radical (unpaired) electrons. The lowest BCUT2D eigenvalue weighted by atomic mass is 10.3. The third kappa shape index (κ3) is 2.46. The Morgan fingerprint density at radius 3 is 3.29 bits per heavy atom. The molecule has 0 amide bonds. The first-order valence-electron chi connectivity index (χ1n) is 4.82. The topological polar surface area (TPSA) is 62.3 Å². The van der Waals surface area contributed by atoms with Crippen LogP contribution >= 0.6 is 0 Å². The molecule has 0 aliphatic carbocycles. The van der Waals surface area contributed by atoms with Crippen LogP contribution in [0, 0.1) is 0 Å². The van der Waals surface area contributed by atoms with Crippen molar-refractivity contribution in [1.29, 1.82) is 0 Å². The smallest absolute Gasteiger partial charge is 0.0831 e. The quantitative estimate of drug-likeness (QED) is 0.752. The molecule has 2 rings (SSSR count). The molecule has 2 N–H and O–H groups in total. The number of ether oxygens (including phenoxy) is 2. The van der Waals surface area contributed by atoms with Gasteiger partial charge < -0.3 is 15.2 Å². The van der Waals surface area contributed by atoms with Crippen molar-refractivity contribution in [3.8, 4) is 0 Å². The number of nitrogens with zero attached hydrogens (tertiary/aromatic N) is 2. The highest BCUT2D eigenvalue weighted by atomic mass is 16.5. The number of rotatable bonds is 4. The van der Waals surface area contributed by atoms with Crippen LogP contribution in [0.1, 0.15) is 6.42 Å². The molecule has 1 atom stereocenters. The van der Waals surface area contributed by atoms with E-state index in [2.05, 4.69) is 5.10 Å². The Labute approximate surface area is 82.8 Å². The normalized spacial score (nSPS) is 21.6. The zero-order valence-electron chi connectivity index (χ0n) is 8.06. The van der Waals surface area contributed by atoms with Crippen LogP contribution in [0.3, 0.4) is 0 Å². The summed E-state index contributed by atoms with van der Waals surface area (Å²) in [6.45, 7) is 2.95. The molecule has 0 spiro atoms. The van der Waals surface area contributed by atoms with E-state index in [1.54, 1.807) is 17.1 Å². The second-order valence-corrected chi connectivity index (χ2v) is 3.39. The number of hydrogen-bond donors (Lipinski definition) is 1. The van der Waals surface area contributed by atoms with E-state index >= 15 is 0 Å². The van der Waals surface area contributed by atoms with Crippen molar-refractivity contribution in [3.63, 3.8) is 0 Å². The molecule has 2 heterocycles. The highest BCUT2D eigenvalue weighted by molar-refractivity contribution is 5.30. The van der Waals surface area contributed by atoms with Crippen LogP contribution in [0.5, 0.6) is 0 Å². The van der Waals surface area contributed by atoms with Crippen molar-refractivity contribution in [1.82, 2.24) is 9.78 Å². The Kier molecular flexibility index (Phi) is 3.00. The van der Waals surface area contributed by atoms with Gasteiger partial charge in [0.05, 0.1) is 37.7 Å². The van der Waals surface area contributed by atoms with E-state index in [0.29, 0.717) is 12.3 Å². The molecule has 1 aromatic heterocycles. The fourth-order valence-electron chi connectivity index (χ4n) is 1.46. The molecule has 0 aromatic carbocycles. The maximum Gasteiger partial charge on any atom is 0.0831 e. The molecular weight excluding hydrogens is 182 g/mol. The lowest BCUT2D eigenvalue weighted by Crippen LogP contribution is -2.16. The highest BCUT2D eigenvalue weighted by Crippen LogP contribution is 2.08. The summed E-state index contributed by atoms with van der Waals surface area (Å²) in [6, 6.07) is 0. The highest BCUT2D eigenvalue weighted by Gasteiger charge is 2.15. The van der Waals surface area contributed by atoms with Gasteiger partial charge in [-0.1, -0.05) is 0 Å². The summed E-state index contributed by atoms with van der Waals surface area (Å²) >= 11 is 0. The fraction of sp³-hybridized carbons (Fsp3) is 0.667. The van der Waals surface area contributed by atoms with E-state index in [4.69, 9.17) is 15.2 Å². The predicted octanol–water partition coefficient (Wildman–Crippen LogP) is 0.271. The van der Waals surface area contributed by atoms with Gasteiger partial charge in [0.1, 0.15) is 0 Å². The molecule has 0 saturated carbocycles. The van der Waals surface area contributed by atoms with E-state index in [1.165, 1.54) is 0 Å². The molecular formula is C9H15N3O2. The third-order valence-electron chi connectivity index (χ3n) is 2.22. The maximum absolute atomic E-state index is 5.59. The van der Waals surface area contributed by atoms with Gasteiger partial charge in [0.15, 0.2) is 0 Å². The second kappa shape index (κ2) is 4.43. The Bertz CT molecular complexity index is 281. The van der Waals surface area contributed by atoms with Crippen LogP contribution in [0.25, 0.3) is 0 Å². The van der Waals surface area contributed by atoms with Gasteiger partial charge in [0.2, 0.25) is 0 Å². The lowest BCUT2D eigenvalue weighted by Gasteiger charge is -2.09. The van der Waals surface area contributed by atoms with Crippen LogP contribution in [-0.4, -0.2) is 35.7 Å². The minimum Gasteiger partial charge on any atom is -0.396 e. The standard InChI is InChI=1S/C9H15N3O2/c10-8-5-11-12(6-8)2-4-14-9-1-3-13-7-9/h5-6,9H,1-4,7,10H2. The molecule has 1 aromatic rings. The molecule has 78 valence electrons. The third-order valence-corrected chi connectivity index (χ3v) is 2.22. The first-order chi connectivity index (χ1) is 6.84. The maximum atomic E-state index is 5.59. The van der Waals surface area contributed by atoms with Crippen molar-refractivity contribution < 1.29 is 9.47 Å². The van der Waals surface area contributed by atoms with Crippen molar-refractivity contribution >= 4 is 5.69 Å². The van der Waals surface area contributed by atoms with Gasteiger partial charge in [0.25, 0.3) is 0 Å². The zero-order chi connectivity index (χ0) is 9.80. The summed E-state index contributed by atoms with van der Waals surface area (Å²) in [7, 11) is 0. The molecule has 14 heavy (non-hydrogen) atoms. The van der Waals surface area contributed by atoms with E-state index in [0.717, 1.165) is 26.2 Å². The van der Waals surface area contributed by atoms with E-state index < -0.39 is 0 Å². The van der Waals surface area contributed by atoms with E-state index in [-0.39, 0.29) is 6.10 Å². The molecule has 1 fully saturated rings. The van der Waals surface area contributed by atoms with Crippen LogP contribution in [0.2, 0.25) is 0 Å². The molecule has 5 nitrogen and oxygen atoms in total. The summed E-state index contributed by atoms with van der Waals surface area (Å²) in [5, 5.41) is 4.06. The Balaban J connectivity index is 1.67. The van der Waals surface area contributed by atoms with Gasteiger partial charge in [-0.15, -0.1) is 0 Å². The van der Waals surface area contributed by atoms with Crippen molar-refractivity contribution in [2.24, 2.45) is 0 Å². The molecule has 1 aliphatic heterocycles. The average molecular weight is 197 g/mol. The number of aromatic nitrogens is 2. The Hall–Kier alpha value is -1.07. The average Bonchev–Trinajstić information content (AvgIpc) is 2.77.